The largest absolute Gasteiger partial charge is 0.376 e. The molecule has 0 amide bonds. The van der Waals surface area contributed by atoms with Gasteiger partial charge in [-0.15, -0.1) is 0 Å². The summed E-state index contributed by atoms with van der Waals surface area (Å²) < 4.78 is 6.08. The minimum atomic E-state index is 0.251. The molecule has 0 bridgehead atoms. The summed E-state index contributed by atoms with van der Waals surface area (Å²) in [7, 11) is 0. The lowest BCUT2D eigenvalue weighted by atomic mass is 9.79. The molecule has 1 aliphatic carbocycles. The second-order valence-electron chi connectivity index (χ2n) is 7.30. The molecule has 126 valence electrons. The Morgan fingerprint density at radius 2 is 2.09 bits per heavy atom. The first-order valence-corrected chi connectivity index (χ1v) is 8.94. The van der Waals surface area contributed by atoms with Gasteiger partial charge in [-0.25, -0.2) is 15.4 Å². The van der Waals surface area contributed by atoms with Gasteiger partial charge in [0.1, 0.15) is 12.1 Å². The van der Waals surface area contributed by atoms with Gasteiger partial charge >= 0.3 is 0 Å². The predicted octanol–water partition coefficient (Wildman–Crippen LogP) is 1.80. The van der Waals surface area contributed by atoms with Crippen molar-refractivity contribution in [3.05, 3.63) is 18.1 Å². The molecule has 3 aliphatic rings. The lowest BCUT2D eigenvalue weighted by Gasteiger charge is -2.34. The van der Waals surface area contributed by atoms with Crippen molar-refractivity contribution in [2.45, 2.75) is 63.8 Å². The topological polar surface area (TPSA) is 62.3 Å². The summed E-state index contributed by atoms with van der Waals surface area (Å²) in [5.41, 5.74) is 8.06. The van der Waals surface area contributed by atoms with Crippen LogP contribution in [0.4, 0.5) is 5.82 Å². The summed E-state index contributed by atoms with van der Waals surface area (Å²) >= 11 is 0. The fraction of sp³-hybridized carbons (Fsp3) is 0.765. The number of aromatic nitrogens is 2. The summed E-state index contributed by atoms with van der Waals surface area (Å²) in [6.45, 7) is 6.48. The van der Waals surface area contributed by atoms with Gasteiger partial charge in [0, 0.05) is 31.1 Å². The van der Waals surface area contributed by atoms with Gasteiger partial charge in [-0.1, -0.05) is 0 Å². The third-order valence-corrected chi connectivity index (χ3v) is 5.34. The van der Waals surface area contributed by atoms with E-state index in [1.807, 2.05) is 0 Å². The number of hydrogen-bond acceptors (Lipinski definition) is 6. The minimum absolute atomic E-state index is 0.251. The van der Waals surface area contributed by atoms with Crippen LogP contribution in [0, 0.1) is 5.92 Å². The fourth-order valence-electron chi connectivity index (χ4n) is 4.07. The van der Waals surface area contributed by atoms with Gasteiger partial charge < -0.3 is 9.64 Å². The number of nitrogens with one attached hydrogen (secondary N) is 2. The van der Waals surface area contributed by atoms with Crippen LogP contribution in [0.1, 0.15) is 51.3 Å². The van der Waals surface area contributed by atoms with Gasteiger partial charge in [0.2, 0.25) is 0 Å². The maximum absolute atomic E-state index is 6.08. The monoisotopic (exact) mass is 317 g/mol. The summed E-state index contributed by atoms with van der Waals surface area (Å²) in [6.07, 6.45) is 7.05. The van der Waals surface area contributed by atoms with Crippen LogP contribution in [0.25, 0.3) is 0 Å². The Balaban J connectivity index is 1.50. The van der Waals surface area contributed by atoms with Gasteiger partial charge in [-0.3, -0.25) is 5.43 Å². The van der Waals surface area contributed by atoms with E-state index in [1.54, 1.807) is 6.33 Å². The zero-order valence-corrected chi connectivity index (χ0v) is 14.0. The average molecular weight is 317 g/mol. The molecule has 4 unspecified atom stereocenters. The zero-order valence-electron chi connectivity index (χ0n) is 14.0. The summed E-state index contributed by atoms with van der Waals surface area (Å²) in [4.78, 5) is 11.3. The van der Waals surface area contributed by atoms with E-state index in [9.17, 15) is 0 Å². The van der Waals surface area contributed by atoms with E-state index in [0.29, 0.717) is 24.2 Å². The molecule has 2 aliphatic heterocycles. The molecule has 0 spiro atoms. The number of nitrogens with zero attached hydrogens (tertiary/aromatic N) is 3. The highest BCUT2D eigenvalue weighted by Gasteiger charge is 2.42. The molecule has 1 saturated carbocycles. The number of ether oxygens (including phenoxy) is 1. The molecule has 0 radical (unpaired) electrons. The van der Waals surface area contributed by atoms with E-state index >= 15 is 0 Å². The number of hydrogen-bond donors (Lipinski definition) is 2. The molecule has 6 nitrogen and oxygen atoms in total. The van der Waals surface area contributed by atoms with Crippen molar-refractivity contribution in [3.8, 4) is 0 Å². The molecule has 3 heterocycles. The smallest absolute Gasteiger partial charge is 0.132 e. The van der Waals surface area contributed by atoms with Crippen molar-refractivity contribution < 1.29 is 4.74 Å². The van der Waals surface area contributed by atoms with Crippen LogP contribution in [0.5, 0.6) is 0 Å². The molecule has 4 atom stereocenters. The van der Waals surface area contributed by atoms with Crippen molar-refractivity contribution >= 4 is 5.82 Å². The number of fused-ring (bicyclic) bond motifs is 1. The molecule has 2 saturated heterocycles. The van der Waals surface area contributed by atoms with E-state index in [1.165, 1.54) is 6.42 Å². The van der Waals surface area contributed by atoms with Crippen LogP contribution in [0.15, 0.2) is 12.4 Å². The maximum atomic E-state index is 6.08. The van der Waals surface area contributed by atoms with E-state index in [0.717, 1.165) is 43.9 Å². The van der Waals surface area contributed by atoms with Crippen LogP contribution in [0.2, 0.25) is 0 Å². The zero-order chi connectivity index (χ0) is 15.8. The Bertz CT molecular complexity index is 548. The Morgan fingerprint density at radius 1 is 1.22 bits per heavy atom. The Morgan fingerprint density at radius 3 is 2.83 bits per heavy atom. The predicted molar refractivity (Wildman–Crippen MR) is 89.0 cm³/mol. The molecule has 2 N–H and O–H groups in total. The lowest BCUT2D eigenvalue weighted by Crippen LogP contribution is -2.38. The first kappa shape index (κ1) is 15.3. The maximum Gasteiger partial charge on any atom is 0.132 e. The van der Waals surface area contributed by atoms with Gasteiger partial charge in [0.15, 0.2) is 0 Å². The van der Waals surface area contributed by atoms with Gasteiger partial charge in [0.25, 0.3) is 0 Å². The molecule has 0 aromatic carbocycles. The Labute approximate surface area is 138 Å². The van der Waals surface area contributed by atoms with Gasteiger partial charge in [-0.2, -0.15) is 0 Å². The van der Waals surface area contributed by atoms with Crippen molar-refractivity contribution in [1.29, 1.82) is 0 Å². The average Bonchev–Trinajstić information content (AvgIpc) is 2.88. The van der Waals surface area contributed by atoms with E-state index in [2.05, 4.69) is 45.6 Å². The first-order valence-electron chi connectivity index (χ1n) is 8.94. The molecular weight excluding hydrogens is 290 g/mol. The quantitative estimate of drug-likeness (QED) is 0.883. The highest BCUT2D eigenvalue weighted by atomic mass is 16.5. The third-order valence-electron chi connectivity index (χ3n) is 5.34. The van der Waals surface area contributed by atoms with Crippen molar-refractivity contribution in [2.24, 2.45) is 5.92 Å². The first-order chi connectivity index (χ1) is 11.2. The minimum Gasteiger partial charge on any atom is -0.376 e. The van der Waals surface area contributed by atoms with Crippen molar-refractivity contribution in [1.82, 2.24) is 20.8 Å². The molecular formula is C17H27N5O. The van der Waals surface area contributed by atoms with Gasteiger partial charge in [-0.05, 0) is 39.5 Å². The summed E-state index contributed by atoms with van der Waals surface area (Å²) in [5.74, 6) is 1.60. The highest BCUT2D eigenvalue weighted by molar-refractivity contribution is 5.42. The SMILES string of the molecule is CC(C)OC1CCC2NNC(c3cc(N4CCC4)ncn3)C2C1. The highest BCUT2D eigenvalue weighted by Crippen LogP contribution is 2.39. The normalized spacial score (nSPS) is 33.6. The molecule has 3 fully saturated rings. The Hall–Kier alpha value is -1.24. The second kappa shape index (κ2) is 6.34. The van der Waals surface area contributed by atoms with E-state index in [-0.39, 0.29) is 6.04 Å². The lowest BCUT2D eigenvalue weighted by molar-refractivity contribution is -0.0276. The summed E-state index contributed by atoms with van der Waals surface area (Å²) in [6, 6.07) is 2.93. The Kier molecular flexibility index (Phi) is 4.22. The van der Waals surface area contributed by atoms with Crippen LogP contribution < -0.4 is 15.8 Å². The van der Waals surface area contributed by atoms with Crippen LogP contribution >= 0.6 is 0 Å². The van der Waals surface area contributed by atoms with Crippen molar-refractivity contribution in [3.63, 3.8) is 0 Å². The second-order valence-corrected chi connectivity index (χ2v) is 7.30. The van der Waals surface area contributed by atoms with Crippen LogP contribution in [-0.4, -0.2) is 41.3 Å². The van der Waals surface area contributed by atoms with E-state index in [4.69, 9.17) is 4.74 Å². The van der Waals surface area contributed by atoms with Crippen LogP contribution in [-0.2, 0) is 4.74 Å². The number of hydrazine groups is 1. The summed E-state index contributed by atoms with van der Waals surface area (Å²) in [5, 5.41) is 0. The fourth-order valence-corrected chi connectivity index (χ4v) is 4.07. The molecule has 23 heavy (non-hydrogen) atoms. The number of anilines is 1. The molecule has 4 rings (SSSR count). The third kappa shape index (κ3) is 3.07. The molecule has 1 aromatic heterocycles. The number of rotatable bonds is 4. The standard InChI is InChI=1S/C17H27N5O/c1-11(2)23-12-4-5-14-13(8-12)17(21-20-14)15-9-16(19-10-18-15)22-6-3-7-22/h9-14,17,20-21H,3-8H2,1-2H3. The molecule has 6 heteroatoms. The van der Waals surface area contributed by atoms with E-state index < -0.39 is 0 Å². The van der Waals surface area contributed by atoms with Gasteiger partial charge in [0.05, 0.1) is 23.9 Å². The van der Waals surface area contributed by atoms with Crippen LogP contribution in [0.3, 0.4) is 0 Å². The van der Waals surface area contributed by atoms with Crippen molar-refractivity contribution in [2.75, 3.05) is 18.0 Å². The molecule has 1 aromatic rings.